The molecule has 2 rings (SSSR count). The van der Waals surface area contributed by atoms with E-state index in [2.05, 4.69) is 0 Å². The van der Waals surface area contributed by atoms with Gasteiger partial charge in [-0.3, -0.25) is 0 Å². The van der Waals surface area contributed by atoms with E-state index in [1.165, 1.54) is 12.1 Å². The molecule has 1 aromatic rings. The van der Waals surface area contributed by atoms with E-state index >= 15 is 0 Å². The smallest absolute Gasteiger partial charge is 0.263 e. The van der Waals surface area contributed by atoms with Crippen LogP contribution in [-0.2, 0) is 4.74 Å². The summed E-state index contributed by atoms with van der Waals surface area (Å²) in [5, 5.41) is 0.119. The zero-order valence-electron chi connectivity index (χ0n) is 8.70. The third-order valence-corrected chi connectivity index (χ3v) is 3.18. The van der Waals surface area contributed by atoms with Gasteiger partial charge in [0.2, 0.25) is 0 Å². The number of alkyl halides is 3. The molecule has 2 unspecified atom stereocenters. The minimum atomic E-state index is -2.41. The second-order valence-corrected chi connectivity index (χ2v) is 4.57. The Hall–Kier alpha value is -0.670. The molecule has 0 aliphatic carbocycles. The second-order valence-electron chi connectivity index (χ2n) is 3.95. The highest BCUT2D eigenvalue weighted by atomic mass is 35.5. The zero-order valence-corrected chi connectivity index (χ0v) is 9.46. The van der Waals surface area contributed by atoms with E-state index in [4.69, 9.17) is 16.3 Å². The maximum absolute atomic E-state index is 12.4. The molecule has 0 bridgehead atoms. The molecular formula is C12H13ClF2O. The Morgan fingerprint density at radius 1 is 1.25 bits per heavy atom. The van der Waals surface area contributed by atoms with Gasteiger partial charge in [0.1, 0.15) is 0 Å². The summed E-state index contributed by atoms with van der Waals surface area (Å²) in [4.78, 5) is 0. The van der Waals surface area contributed by atoms with Gasteiger partial charge in [-0.15, -0.1) is 11.6 Å². The monoisotopic (exact) mass is 246 g/mol. The van der Waals surface area contributed by atoms with Crippen molar-refractivity contribution in [2.75, 3.05) is 6.61 Å². The van der Waals surface area contributed by atoms with Crippen molar-refractivity contribution < 1.29 is 13.5 Å². The Balaban J connectivity index is 2.09. The molecule has 4 heteroatoms. The molecule has 1 aliphatic heterocycles. The Kier molecular flexibility index (Phi) is 3.77. The van der Waals surface area contributed by atoms with Gasteiger partial charge in [0.25, 0.3) is 6.43 Å². The van der Waals surface area contributed by atoms with E-state index < -0.39 is 6.43 Å². The quantitative estimate of drug-likeness (QED) is 0.715. The SMILES string of the molecule is FC(F)c1ccc(C2CC(Cl)CCO2)cc1. The highest BCUT2D eigenvalue weighted by Gasteiger charge is 2.22. The molecule has 0 N–H and O–H groups in total. The van der Waals surface area contributed by atoms with Crippen LogP contribution < -0.4 is 0 Å². The van der Waals surface area contributed by atoms with Gasteiger partial charge in [-0.25, -0.2) is 8.78 Å². The average molecular weight is 247 g/mol. The zero-order chi connectivity index (χ0) is 11.5. The van der Waals surface area contributed by atoms with Crippen LogP contribution in [0.4, 0.5) is 8.78 Å². The Morgan fingerprint density at radius 3 is 2.50 bits per heavy atom. The number of halogens is 3. The largest absolute Gasteiger partial charge is 0.373 e. The van der Waals surface area contributed by atoms with Gasteiger partial charge in [0, 0.05) is 17.5 Å². The van der Waals surface area contributed by atoms with Crippen molar-refractivity contribution in [1.82, 2.24) is 0 Å². The van der Waals surface area contributed by atoms with Crippen LogP contribution in [0.2, 0.25) is 0 Å². The fraction of sp³-hybridized carbons (Fsp3) is 0.500. The number of ether oxygens (including phenoxy) is 1. The first-order valence-electron chi connectivity index (χ1n) is 5.30. The molecule has 1 saturated heterocycles. The molecule has 1 fully saturated rings. The van der Waals surface area contributed by atoms with Gasteiger partial charge in [0.05, 0.1) is 6.10 Å². The van der Waals surface area contributed by atoms with Crippen molar-refractivity contribution in [1.29, 1.82) is 0 Å². The topological polar surface area (TPSA) is 9.23 Å². The first kappa shape index (κ1) is 11.8. The summed E-state index contributed by atoms with van der Waals surface area (Å²) < 4.78 is 30.3. The first-order valence-corrected chi connectivity index (χ1v) is 5.74. The van der Waals surface area contributed by atoms with Gasteiger partial charge >= 0.3 is 0 Å². The molecule has 1 heterocycles. The lowest BCUT2D eigenvalue weighted by Crippen LogP contribution is -2.19. The normalized spacial score (nSPS) is 26.0. The van der Waals surface area contributed by atoms with Crippen molar-refractivity contribution in [2.45, 2.75) is 30.7 Å². The maximum atomic E-state index is 12.4. The molecule has 16 heavy (non-hydrogen) atoms. The molecule has 0 spiro atoms. The first-order chi connectivity index (χ1) is 7.66. The predicted molar refractivity (Wildman–Crippen MR) is 59.0 cm³/mol. The standard InChI is InChI=1S/C12H13ClF2O/c13-10-5-6-16-11(7-10)8-1-3-9(4-2-8)12(14)15/h1-4,10-12H,5-7H2. The summed E-state index contributed by atoms with van der Waals surface area (Å²) in [5.74, 6) is 0. The van der Waals surface area contributed by atoms with Gasteiger partial charge in [-0.05, 0) is 18.4 Å². The van der Waals surface area contributed by atoms with Crippen LogP contribution in [0.5, 0.6) is 0 Å². The van der Waals surface area contributed by atoms with Crippen LogP contribution >= 0.6 is 11.6 Å². The minimum Gasteiger partial charge on any atom is -0.373 e. The van der Waals surface area contributed by atoms with Crippen molar-refractivity contribution in [3.63, 3.8) is 0 Å². The lowest BCUT2D eigenvalue weighted by molar-refractivity contribution is 0.0168. The average Bonchev–Trinajstić information content (AvgIpc) is 2.29. The van der Waals surface area contributed by atoms with E-state index in [9.17, 15) is 8.78 Å². The molecule has 1 aliphatic rings. The van der Waals surface area contributed by atoms with Crippen LogP contribution in [0.1, 0.15) is 36.5 Å². The molecule has 0 amide bonds. The Bertz CT molecular complexity index is 339. The van der Waals surface area contributed by atoms with E-state index in [1.54, 1.807) is 12.1 Å². The van der Waals surface area contributed by atoms with E-state index in [-0.39, 0.29) is 17.0 Å². The fourth-order valence-electron chi connectivity index (χ4n) is 1.84. The predicted octanol–water partition coefficient (Wildman–Crippen LogP) is 4.08. The Morgan fingerprint density at radius 2 is 1.94 bits per heavy atom. The molecule has 2 atom stereocenters. The number of hydrogen-bond donors (Lipinski definition) is 0. The van der Waals surface area contributed by atoms with E-state index in [0.29, 0.717) is 6.61 Å². The van der Waals surface area contributed by atoms with Crippen molar-refractivity contribution in [3.8, 4) is 0 Å². The van der Waals surface area contributed by atoms with Crippen molar-refractivity contribution in [2.24, 2.45) is 0 Å². The van der Waals surface area contributed by atoms with Crippen LogP contribution in [0.15, 0.2) is 24.3 Å². The van der Waals surface area contributed by atoms with Gasteiger partial charge in [-0.1, -0.05) is 24.3 Å². The minimum absolute atomic E-state index is 0.0435. The lowest BCUT2D eigenvalue weighted by Gasteiger charge is -2.26. The molecule has 0 radical (unpaired) electrons. The number of benzene rings is 1. The van der Waals surface area contributed by atoms with Crippen LogP contribution in [0, 0.1) is 0 Å². The molecule has 88 valence electrons. The summed E-state index contributed by atoms with van der Waals surface area (Å²) >= 11 is 6.04. The summed E-state index contributed by atoms with van der Waals surface area (Å²) in [6, 6.07) is 6.28. The highest BCUT2D eigenvalue weighted by molar-refractivity contribution is 6.20. The second kappa shape index (κ2) is 5.11. The summed E-state index contributed by atoms with van der Waals surface area (Å²) in [7, 11) is 0. The lowest BCUT2D eigenvalue weighted by atomic mass is 10.00. The summed E-state index contributed by atoms with van der Waals surface area (Å²) in [6.45, 7) is 0.634. The van der Waals surface area contributed by atoms with Crippen LogP contribution in [0.3, 0.4) is 0 Å². The van der Waals surface area contributed by atoms with Gasteiger partial charge in [-0.2, -0.15) is 0 Å². The third-order valence-electron chi connectivity index (χ3n) is 2.78. The van der Waals surface area contributed by atoms with Gasteiger partial charge in [0.15, 0.2) is 0 Å². The molecule has 0 saturated carbocycles. The number of rotatable bonds is 2. The summed E-state index contributed by atoms with van der Waals surface area (Å²) in [5.41, 5.74) is 0.969. The fourth-order valence-corrected chi connectivity index (χ4v) is 2.10. The van der Waals surface area contributed by atoms with Crippen molar-refractivity contribution >= 4 is 11.6 Å². The van der Waals surface area contributed by atoms with Crippen molar-refractivity contribution in [3.05, 3.63) is 35.4 Å². The molecular weight excluding hydrogens is 234 g/mol. The third kappa shape index (κ3) is 2.71. The van der Waals surface area contributed by atoms with Crippen LogP contribution in [-0.4, -0.2) is 12.0 Å². The maximum Gasteiger partial charge on any atom is 0.263 e. The van der Waals surface area contributed by atoms with E-state index in [0.717, 1.165) is 18.4 Å². The highest BCUT2D eigenvalue weighted by Crippen LogP contribution is 2.31. The van der Waals surface area contributed by atoms with Gasteiger partial charge < -0.3 is 4.74 Å². The van der Waals surface area contributed by atoms with E-state index in [1.807, 2.05) is 0 Å². The molecule has 0 aromatic heterocycles. The molecule has 1 aromatic carbocycles. The van der Waals surface area contributed by atoms with Crippen LogP contribution in [0.25, 0.3) is 0 Å². The Labute approximate surface area is 98.4 Å². The summed E-state index contributed by atoms with van der Waals surface area (Å²) in [6.07, 6.45) is -0.868. The molecule has 1 nitrogen and oxygen atoms in total. The number of hydrogen-bond acceptors (Lipinski definition) is 1.